The fraction of sp³-hybridized carbons (Fsp3) is 0.455. The van der Waals surface area contributed by atoms with Crippen molar-refractivity contribution in [3.05, 3.63) is 29.0 Å². The van der Waals surface area contributed by atoms with Crippen LogP contribution >= 0.6 is 11.6 Å². The van der Waals surface area contributed by atoms with Gasteiger partial charge >= 0.3 is 0 Å². The summed E-state index contributed by atoms with van der Waals surface area (Å²) in [7, 11) is 1.67. The van der Waals surface area contributed by atoms with Crippen LogP contribution in [0.2, 0.25) is 5.15 Å². The van der Waals surface area contributed by atoms with Crippen molar-refractivity contribution in [3.8, 4) is 0 Å². The van der Waals surface area contributed by atoms with Crippen LogP contribution in [0, 0.1) is 0 Å². The van der Waals surface area contributed by atoms with E-state index in [0.717, 1.165) is 0 Å². The van der Waals surface area contributed by atoms with Gasteiger partial charge in [0.15, 0.2) is 0 Å². The highest BCUT2D eigenvalue weighted by Crippen LogP contribution is 2.13. The SMILES string of the molecule is CC(O)CCN(C)C(=O)c1cccnc1Cl. The minimum atomic E-state index is -0.417. The van der Waals surface area contributed by atoms with Crippen molar-refractivity contribution in [1.82, 2.24) is 9.88 Å². The predicted octanol–water partition coefficient (Wildman–Crippen LogP) is 1.58. The number of carbonyl (C=O) groups excluding carboxylic acids is 1. The van der Waals surface area contributed by atoms with Crippen molar-refractivity contribution in [2.75, 3.05) is 13.6 Å². The van der Waals surface area contributed by atoms with E-state index < -0.39 is 6.10 Å². The van der Waals surface area contributed by atoms with Gasteiger partial charge in [-0.1, -0.05) is 11.6 Å². The van der Waals surface area contributed by atoms with Crippen molar-refractivity contribution in [2.45, 2.75) is 19.4 Å². The maximum Gasteiger partial charge on any atom is 0.256 e. The molecule has 16 heavy (non-hydrogen) atoms. The van der Waals surface area contributed by atoms with Crippen LogP contribution in [0.15, 0.2) is 18.3 Å². The molecule has 1 aromatic rings. The van der Waals surface area contributed by atoms with Crippen molar-refractivity contribution in [2.24, 2.45) is 0 Å². The monoisotopic (exact) mass is 242 g/mol. The Kier molecular flexibility index (Phi) is 4.71. The van der Waals surface area contributed by atoms with Gasteiger partial charge in [0.05, 0.1) is 11.7 Å². The van der Waals surface area contributed by atoms with E-state index in [1.54, 1.807) is 26.1 Å². The van der Waals surface area contributed by atoms with Crippen molar-refractivity contribution < 1.29 is 9.90 Å². The van der Waals surface area contributed by atoms with Gasteiger partial charge in [0.25, 0.3) is 5.91 Å². The summed E-state index contributed by atoms with van der Waals surface area (Å²) < 4.78 is 0. The second-order valence-corrected chi connectivity index (χ2v) is 4.06. The third kappa shape index (κ3) is 3.47. The van der Waals surface area contributed by atoms with Gasteiger partial charge in [-0.15, -0.1) is 0 Å². The second-order valence-electron chi connectivity index (χ2n) is 3.71. The molecular formula is C11H15ClN2O2. The molecule has 1 rings (SSSR count). The number of pyridine rings is 1. The fourth-order valence-electron chi connectivity index (χ4n) is 1.23. The molecule has 1 amide bonds. The van der Waals surface area contributed by atoms with E-state index >= 15 is 0 Å². The molecule has 0 aliphatic heterocycles. The molecule has 0 fully saturated rings. The van der Waals surface area contributed by atoms with E-state index in [2.05, 4.69) is 4.98 Å². The van der Waals surface area contributed by atoms with Crippen molar-refractivity contribution >= 4 is 17.5 Å². The van der Waals surface area contributed by atoms with E-state index in [1.807, 2.05) is 0 Å². The highest BCUT2D eigenvalue weighted by atomic mass is 35.5. The lowest BCUT2D eigenvalue weighted by molar-refractivity contribution is 0.0769. The van der Waals surface area contributed by atoms with Crippen LogP contribution in [0.5, 0.6) is 0 Å². The number of aromatic nitrogens is 1. The van der Waals surface area contributed by atoms with Gasteiger partial charge in [-0.2, -0.15) is 0 Å². The third-order valence-electron chi connectivity index (χ3n) is 2.22. The number of hydrogen-bond donors (Lipinski definition) is 1. The molecule has 0 spiro atoms. The largest absolute Gasteiger partial charge is 0.393 e. The lowest BCUT2D eigenvalue weighted by Gasteiger charge is -2.18. The van der Waals surface area contributed by atoms with E-state index in [4.69, 9.17) is 16.7 Å². The average Bonchev–Trinajstić information content (AvgIpc) is 2.25. The molecule has 0 aliphatic carbocycles. The molecule has 0 saturated carbocycles. The predicted molar refractivity (Wildman–Crippen MR) is 62.5 cm³/mol. The minimum absolute atomic E-state index is 0.182. The first-order valence-corrected chi connectivity index (χ1v) is 5.44. The lowest BCUT2D eigenvalue weighted by atomic mass is 10.2. The summed E-state index contributed by atoms with van der Waals surface area (Å²) in [4.78, 5) is 17.3. The maximum absolute atomic E-state index is 11.9. The fourth-order valence-corrected chi connectivity index (χ4v) is 1.43. The third-order valence-corrected chi connectivity index (χ3v) is 2.52. The highest BCUT2D eigenvalue weighted by molar-refractivity contribution is 6.32. The highest BCUT2D eigenvalue weighted by Gasteiger charge is 2.15. The van der Waals surface area contributed by atoms with Crippen LogP contribution in [0.4, 0.5) is 0 Å². The molecular weight excluding hydrogens is 228 g/mol. The summed E-state index contributed by atoms with van der Waals surface area (Å²) in [5.74, 6) is -0.182. The summed E-state index contributed by atoms with van der Waals surface area (Å²) in [5, 5.41) is 9.34. The Morgan fingerprint density at radius 3 is 2.94 bits per heavy atom. The molecule has 5 heteroatoms. The Morgan fingerprint density at radius 2 is 2.38 bits per heavy atom. The Hall–Kier alpha value is -1.13. The van der Waals surface area contributed by atoms with Gasteiger partial charge < -0.3 is 10.0 Å². The standard InChI is InChI=1S/C11H15ClN2O2/c1-8(15)5-7-14(2)11(16)9-4-3-6-13-10(9)12/h3-4,6,8,15H,5,7H2,1-2H3. The molecule has 1 N–H and O–H groups in total. The topological polar surface area (TPSA) is 53.4 Å². The number of aliphatic hydroxyl groups excluding tert-OH is 1. The number of nitrogens with zero attached hydrogens (tertiary/aromatic N) is 2. The molecule has 0 saturated heterocycles. The summed E-state index contributed by atoms with van der Waals surface area (Å²) in [6.07, 6.45) is 1.66. The summed E-state index contributed by atoms with van der Waals surface area (Å²) in [5.41, 5.74) is 0.386. The Balaban J connectivity index is 2.67. The maximum atomic E-state index is 11.9. The molecule has 0 aromatic carbocycles. The van der Waals surface area contributed by atoms with Crippen LogP contribution in [0.3, 0.4) is 0 Å². The van der Waals surface area contributed by atoms with Crippen LogP contribution in [0.1, 0.15) is 23.7 Å². The van der Waals surface area contributed by atoms with E-state index in [9.17, 15) is 4.79 Å². The average molecular weight is 243 g/mol. The number of halogens is 1. The molecule has 1 heterocycles. The van der Waals surface area contributed by atoms with Crippen LogP contribution in [0.25, 0.3) is 0 Å². The van der Waals surface area contributed by atoms with Gasteiger partial charge in [0, 0.05) is 19.8 Å². The zero-order valence-electron chi connectivity index (χ0n) is 9.35. The molecule has 0 bridgehead atoms. The molecule has 1 unspecified atom stereocenters. The molecule has 88 valence electrons. The number of carbonyl (C=O) groups is 1. The molecule has 0 aliphatic rings. The van der Waals surface area contributed by atoms with Gasteiger partial charge in [-0.25, -0.2) is 4.98 Å². The second kappa shape index (κ2) is 5.82. The van der Waals surface area contributed by atoms with Gasteiger partial charge in [0.2, 0.25) is 0 Å². The molecule has 1 atom stereocenters. The Bertz CT molecular complexity index is 369. The zero-order chi connectivity index (χ0) is 12.1. The number of hydrogen-bond acceptors (Lipinski definition) is 3. The van der Waals surface area contributed by atoms with E-state index in [1.165, 1.54) is 11.1 Å². The normalized spacial score (nSPS) is 12.2. The van der Waals surface area contributed by atoms with E-state index in [0.29, 0.717) is 18.5 Å². The summed E-state index contributed by atoms with van der Waals surface area (Å²) >= 11 is 5.82. The Morgan fingerprint density at radius 1 is 1.69 bits per heavy atom. The number of aliphatic hydroxyl groups is 1. The number of amides is 1. The minimum Gasteiger partial charge on any atom is -0.393 e. The molecule has 1 aromatic heterocycles. The lowest BCUT2D eigenvalue weighted by Crippen LogP contribution is -2.29. The molecule has 0 radical (unpaired) electrons. The van der Waals surface area contributed by atoms with Crippen molar-refractivity contribution in [3.63, 3.8) is 0 Å². The van der Waals surface area contributed by atoms with Crippen LogP contribution in [-0.2, 0) is 0 Å². The first kappa shape index (κ1) is 12.9. The summed E-state index contributed by atoms with van der Waals surface area (Å²) in [6.45, 7) is 2.18. The number of rotatable bonds is 4. The van der Waals surface area contributed by atoms with Crippen LogP contribution in [-0.4, -0.2) is 40.6 Å². The Labute approximate surface area is 99.9 Å². The quantitative estimate of drug-likeness (QED) is 0.816. The van der Waals surface area contributed by atoms with Crippen LogP contribution < -0.4 is 0 Å². The van der Waals surface area contributed by atoms with Gasteiger partial charge in [-0.3, -0.25) is 4.79 Å². The summed E-state index contributed by atoms with van der Waals surface area (Å²) in [6, 6.07) is 3.30. The molecule has 4 nitrogen and oxygen atoms in total. The first-order valence-electron chi connectivity index (χ1n) is 5.06. The van der Waals surface area contributed by atoms with Gasteiger partial charge in [-0.05, 0) is 25.5 Å². The smallest absolute Gasteiger partial charge is 0.256 e. The van der Waals surface area contributed by atoms with E-state index in [-0.39, 0.29) is 11.1 Å². The van der Waals surface area contributed by atoms with Gasteiger partial charge in [0.1, 0.15) is 5.15 Å². The zero-order valence-corrected chi connectivity index (χ0v) is 10.1. The van der Waals surface area contributed by atoms with Crippen molar-refractivity contribution in [1.29, 1.82) is 0 Å². The first-order chi connectivity index (χ1) is 7.52.